The van der Waals surface area contributed by atoms with Crippen LogP contribution in [0.2, 0.25) is 0 Å². The summed E-state index contributed by atoms with van der Waals surface area (Å²) in [5.74, 6) is 1.00. The molecule has 1 amide bonds. The van der Waals surface area contributed by atoms with E-state index in [-0.39, 0.29) is 24.2 Å². The first-order valence-electron chi connectivity index (χ1n) is 6.68. The van der Waals surface area contributed by atoms with Crippen molar-refractivity contribution in [2.45, 2.75) is 19.3 Å². The maximum atomic E-state index is 12.0. The molecule has 0 saturated heterocycles. The molecular weight excluding hydrogens is 258 g/mol. The molecule has 1 fully saturated rings. The lowest BCUT2D eigenvalue weighted by atomic mass is 9.85. The summed E-state index contributed by atoms with van der Waals surface area (Å²) in [5.41, 5.74) is 0.497. The van der Waals surface area contributed by atoms with Crippen LogP contribution in [0.25, 0.3) is 0 Å². The van der Waals surface area contributed by atoms with Gasteiger partial charge >= 0.3 is 0 Å². The minimum Gasteiger partial charge on any atom is -0.493 e. The summed E-state index contributed by atoms with van der Waals surface area (Å²) >= 11 is 0. The molecule has 5 heteroatoms. The van der Waals surface area contributed by atoms with Crippen LogP contribution in [0, 0.1) is 5.92 Å². The van der Waals surface area contributed by atoms with Crippen molar-refractivity contribution in [1.29, 1.82) is 0 Å². The van der Waals surface area contributed by atoms with Crippen LogP contribution < -0.4 is 14.8 Å². The number of amides is 1. The van der Waals surface area contributed by atoms with E-state index in [9.17, 15) is 9.59 Å². The first-order valence-corrected chi connectivity index (χ1v) is 6.68. The van der Waals surface area contributed by atoms with Gasteiger partial charge in [-0.3, -0.25) is 9.59 Å². The Labute approximate surface area is 118 Å². The standard InChI is InChI=1S/C15H19NO4/c1-19-13-7-6-11(8-14(13)20-2)12(17)9-16-15(18)10-4-3-5-10/h6-8,10H,3-5,9H2,1-2H3,(H,16,18). The molecule has 1 saturated carbocycles. The van der Waals surface area contributed by atoms with Gasteiger partial charge in [0.25, 0.3) is 0 Å². The van der Waals surface area contributed by atoms with Crippen molar-refractivity contribution < 1.29 is 19.1 Å². The van der Waals surface area contributed by atoms with Gasteiger partial charge in [-0.15, -0.1) is 0 Å². The van der Waals surface area contributed by atoms with Crippen molar-refractivity contribution in [2.24, 2.45) is 5.92 Å². The zero-order valence-electron chi connectivity index (χ0n) is 11.8. The van der Waals surface area contributed by atoms with Crippen molar-refractivity contribution in [3.05, 3.63) is 23.8 Å². The minimum absolute atomic E-state index is 0.0187. The van der Waals surface area contributed by atoms with E-state index < -0.39 is 0 Å². The fraction of sp³-hybridized carbons (Fsp3) is 0.467. The monoisotopic (exact) mass is 277 g/mol. The highest BCUT2D eigenvalue weighted by atomic mass is 16.5. The highest BCUT2D eigenvalue weighted by Crippen LogP contribution is 2.28. The predicted octanol–water partition coefficient (Wildman–Crippen LogP) is 1.80. The number of hydrogen-bond donors (Lipinski definition) is 1. The highest BCUT2D eigenvalue weighted by molar-refractivity contribution is 6.00. The molecule has 108 valence electrons. The maximum Gasteiger partial charge on any atom is 0.223 e. The SMILES string of the molecule is COc1ccc(C(=O)CNC(=O)C2CCC2)cc1OC. The largest absolute Gasteiger partial charge is 0.493 e. The summed E-state index contributed by atoms with van der Waals surface area (Å²) in [7, 11) is 3.06. The van der Waals surface area contributed by atoms with Gasteiger partial charge in [-0.1, -0.05) is 6.42 Å². The molecule has 1 aromatic rings. The zero-order valence-corrected chi connectivity index (χ0v) is 11.8. The number of benzene rings is 1. The molecule has 2 rings (SSSR count). The third-order valence-corrected chi connectivity index (χ3v) is 3.60. The van der Waals surface area contributed by atoms with Gasteiger partial charge in [0.2, 0.25) is 5.91 Å². The first-order chi connectivity index (χ1) is 9.65. The van der Waals surface area contributed by atoms with Gasteiger partial charge in [0.1, 0.15) is 0 Å². The van der Waals surface area contributed by atoms with Crippen LogP contribution in [0.5, 0.6) is 11.5 Å². The Kier molecular flexibility index (Phi) is 4.61. The molecule has 0 aliphatic heterocycles. The molecule has 1 aromatic carbocycles. The summed E-state index contributed by atoms with van der Waals surface area (Å²) in [6, 6.07) is 4.97. The van der Waals surface area contributed by atoms with Crippen molar-refractivity contribution in [2.75, 3.05) is 20.8 Å². The van der Waals surface area contributed by atoms with Crippen molar-refractivity contribution in [3.63, 3.8) is 0 Å². The highest BCUT2D eigenvalue weighted by Gasteiger charge is 2.25. The number of carbonyl (C=O) groups excluding carboxylic acids is 2. The molecule has 0 aromatic heterocycles. The summed E-state index contributed by atoms with van der Waals surface area (Å²) < 4.78 is 10.3. The van der Waals surface area contributed by atoms with Crippen LogP contribution in [0.1, 0.15) is 29.6 Å². The maximum absolute atomic E-state index is 12.0. The molecule has 0 bridgehead atoms. The van der Waals surface area contributed by atoms with Crippen LogP contribution in [0.15, 0.2) is 18.2 Å². The molecule has 1 aliphatic rings. The number of ether oxygens (including phenoxy) is 2. The van der Waals surface area contributed by atoms with E-state index in [1.165, 1.54) is 14.2 Å². The summed E-state index contributed by atoms with van der Waals surface area (Å²) in [4.78, 5) is 23.7. The van der Waals surface area contributed by atoms with Crippen LogP contribution in [-0.2, 0) is 4.79 Å². The normalized spacial score (nSPS) is 14.3. The number of rotatable bonds is 6. The number of Topliss-reactive ketones (excluding diaryl/α,β-unsaturated/α-hetero) is 1. The number of nitrogens with one attached hydrogen (secondary N) is 1. The van der Waals surface area contributed by atoms with Crippen LogP contribution in [0.3, 0.4) is 0 Å². The Morgan fingerprint density at radius 3 is 2.45 bits per heavy atom. The smallest absolute Gasteiger partial charge is 0.223 e. The van der Waals surface area contributed by atoms with Gasteiger partial charge in [0, 0.05) is 11.5 Å². The van der Waals surface area contributed by atoms with E-state index in [4.69, 9.17) is 9.47 Å². The van der Waals surface area contributed by atoms with Crippen LogP contribution in [0.4, 0.5) is 0 Å². The van der Waals surface area contributed by atoms with E-state index in [0.717, 1.165) is 19.3 Å². The zero-order chi connectivity index (χ0) is 14.5. The molecule has 0 atom stereocenters. The average molecular weight is 277 g/mol. The molecule has 1 N–H and O–H groups in total. The van der Waals surface area contributed by atoms with Crippen LogP contribution >= 0.6 is 0 Å². The van der Waals surface area contributed by atoms with Gasteiger partial charge in [-0.05, 0) is 31.0 Å². The molecular formula is C15H19NO4. The molecule has 0 unspecified atom stereocenters. The summed E-state index contributed by atoms with van der Waals surface area (Å²) in [6.07, 6.45) is 2.95. The van der Waals surface area contributed by atoms with E-state index >= 15 is 0 Å². The van der Waals surface area contributed by atoms with Crippen molar-refractivity contribution >= 4 is 11.7 Å². The fourth-order valence-electron chi connectivity index (χ4n) is 2.09. The summed E-state index contributed by atoms with van der Waals surface area (Å²) in [6.45, 7) is 0.0187. The molecule has 20 heavy (non-hydrogen) atoms. The molecule has 5 nitrogen and oxygen atoms in total. The number of ketones is 1. The quantitative estimate of drug-likeness (QED) is 0.805. The fourth-order valence-corrected chi connectivity index (χ4v) is 2.09. The first kappa shape index (κ1) is 14.4. The van der Waals surface area contributed by atoms with Gasteiger partial charge in [-0.25, -0.2) is 0 Å². The van der Waals surface area contributed by atoms with Crippen molar-refractivity contribution in [3.8, 4) is 11.5 Å². The minimum atomic E-state index is -0.140. The lowest BCUT2D eigenvalue weighted by Gasteiger charge is -2.23. The van der Waals surface area contributed by atoms with E-state index in [2.05, 4.69) is 5.32 Å². The second-order valence-electron chi connectivity index (χ2n) is 4.84. The molecule has 1 aliphatic carbocycles. The number of carbonyl (C=O) groups is 2. The second kappa shape index (κ2) is 6.41. The molecule has 0 heterocycles. The Morgan fingerprint density at radius 1 is 1.20 bits per heavy atom. The lowest BCUT2D eigenvalue weighted by Crippen LogP contribution is -2.37. The second-order valence-corrected chi connectivity index (χ2v) is 4.84. The third-order valence-electron chi connectivity index (χ3n) is 3.60. The van der Waals surface area contributed by atoms with Gasteiger partial charge in [0.05, 0.1) is 20.8 Å². The lowest BCUT2D eigenvalue weighted by molar-refractivity contribution is -0.127. The van der Waals surface area contributed by atoms with E-state index in [0.29, 0.717) is 17.1 Å². The van der Waals surface area contributed by atoms with Gasteiger partial charge in [0.15, 0.2) is 17.3 Å². The number of hydrogen-bond acceptors (Lipinski definition) is 4. The Hall–Kier alpha value is -2.04. The summed E-state index contributed by atoms with van der Waals surface area (Å²) in [5, 5.41) is 2.69. The van der Waals surface area contributed by atoms with E-state index in [1.807, 2.05) is 0 Å². The Morgan fingerprint density at radius 2 is 1.90 bits per heavy atom. The van der Waals surface area contributed by atoms with Gasteiger partial charge < -0.3 is 14.8 Å². The Balaban J connectivity index is 1.96. The Bertz CT molecular complexity index is 509. The molecule has 0 spiro atoms. The molecule has 0 radical (unpaired) electrons. The van der Waals surface area contributed by atoms with Crippen LogP contribution in [-0.4, -0.2) is 32.5 Å². The third kappa shape index (κ3) is 3.10. The average Bonchev–Trinajstić information content (AvgIpc) is 2.42. The van der Waals surface area contributed by atoms with E-state index in [1.54, 1.807) is 18.2 Å². The van der Waals surface area contributed by atoms with Crippen molar-refractivity contribution in [1.82, 2.24) is 5.32 Å². The van der Waals surface area contributed by atoms with Gasteiger partial charge in [-0.2, -0.15) is 0 Å². The number of methoxy groups -OCH3 is 2. The predicted molar refractivity (Wildman–Crippen MR) is 74.2 cm³/mol. The topological polar surface area (TPSA) is 64.6 Å².